The molecule has 0 unspecified atom stereocenters. The Bertz CT molecular complexity index is 888. The SMILES string of the molecule is [C-]#[N+]c1cc(C(C)(C)c2cc(C#N)c(F)c([N+]#[C-])c2)cc(C#N)c1F. The molecule has 0 amide bonds. The third kappa shape index (κ3) is 2.90. The van der Waals surface area contributed by atoms with Gasteiger partial charge in [0.25, 0.3) is 0 Å². The fourth-order valence-electron chi connectivity index (χ4n) is 2.43. The summed E-state index contributed by atoms with van der Waals surface area (Å²) < 4.78 is 27.9. The molecule has 0 aromatic heterocycles. The van der Waals surface area contributed by atoms with E-state index < -0.39 is 17.0 Å². The van der Waals surface area contributed by atoms with Gasteiger partial charge in [0, 0.05) is 5.41 Å². The number of nitrogens with zero attached hydrogens (tertiary/aromatic N) is 4. The molecule has 0 aliphatic carbocycles. The molecular formula is C19H10F2N4. The molecule has 0 saturated heterocycles. The Morgan fingerprint density at radius 3 is 1.48 bits per heavy atom. The lowest BCUT2D eigenvalue weighted by Gasteiger charge is -2.27. The predicted octanol–water partition coefficient (Wildman–Crippen LogP) is 5.14. The lowest BCUT2D eigenvalue weighted by Crippen LogP contribution is -2.20. The molecule has 6 heteroatoms. The van der Waals surface area contributed by atoms with Crippen LogP contribution in [-0.4, -0.2) is 0 Å². The van der Waals surface area contributed by atoms with Crippen LogP contribution in [0, 0.1) is 47.4 Å². The molecule has 2 aromatic rings. The monoisotopic (exact) mass is 332 g/mol. The summed E-state index contributed by atoms with van der Waals surface area (Å²) >= 11 is 0. The molecule has 0 fully saturated rings. The van der Waals surface area contributed by atoms with E-state index in [-0.39, 0.29) is 22.5 Å². The van der Waals surface area contributed by atoms with E-state index in [1.54, 1.807) is 26.0 Å². The van der Waals surface area contributed by atoms with Crippen LogP contribution in [0.3, 0.4) is 0 Å². The number of benzene rings is 2. The molecule has 0 radical (unpaired) electrons. The molecule has 2 rings (SSSR count). The van der Waals surface area contributed by atoms with E-state index in [9.17, 15) is 8.78 Å². The fourth-order valence-corrected chi connectivity index (χ4v) is 2.43. The third-order valence-electron chi connectivity index (χ3n) is 4.03. The maximum atomic E-state index is 14.0. The van der Waals surface area contributed by atoms with Gasteiger partial charge in [-0.2, -0.15) is 10.5 Å². The van der Waals surface area contributed by atoms with E-state index in [1.807, 2.05) is 0 Å². The predicted molar refractivity (Wildman–Crippen MR) is 86.9 cm³/mol. The van der Waals surface area contributed by atoms with Gasteiger partial charge in [-0.3, -0.25) is 0 Å². The van der Waals surface area contributed by atoms with Crippen molar-refractivity contribution in [2.45, 2.75) is 19.3 Å². The van der Waals surface area contributed by atoms with Crippen LogP contribution in [0.25, 0.3) is 9.69 Å². The van der Waals surface area contributed by atoms with Crippen molar-refractivity contribution in [2.75, 3.05) is 0 Å². The average molecular weight is 332 g/mol. The van der Waals surface area contributed by atoms with Crippen molar-refractivity contribution >= 4 is 11.4 Å². The van der Waals surface area contributed by atoms with E-state index in [0.717, 1.165) is 0 Å². The van der Waals surface area contributed by atoms with Gasteiger partial charge in [-0.25, -0.2) is 18.5 Å². The lowest BCUT2D eigenvalue weighted by molar-refractivity contribution is 0.608. The fraction of sp³-hybridized carbons (Fsp3) is 0.158. The zero-order chi connectivity index (χ0) is 18.8. The van der Waals surface area contributed by atoms with Crippen LogP contribution >= 0.6 is 0 Å². The highest BCUT2D eigenvalue weighted by Gasteiger charge is 2.28. The Morgan fingerprint density at radius 2 is 1.20 bits per heavy atom. The summed E-state index contributed by atoms with van der Waals surface area (Å²) in [6.07, 6.45) is 0. The highest BCUT2D eigenvalue weighted by Crippen LogP contribution is 2.38. The van der Waals surface area contributed by atoms with Crippen molar-refractivity contribution in [1.29, 1.82) is 10.5 Å². The smallest absolute Gasteiger partial charge is 0.223 e. The average Bonchev–Trinajstić information content (AvgIpc) is 2.61. The van der Waals surface area contributed by atoms with Gasteiger partial charge >= 0.3 is 0 Å². The van der Waals surface area contributed by atoms with Crippen LogP contribution in [0.5, 0.6) is 0 Å². The van der Waals surface area contributed by atoms with Crippen molar-refractivity contribution in [1.82, 2.24) is 0 Å². The Hall–Kier alpha value is -3.74. The second-order valence-electron chi connectivity index (χ2n) is 5.79. The molecular weight excluding hydrogens is 322 g/mol. The minimum atomic E-state index is -0.893. The van der Waals surface area contributed by atoms with E-state index in [1.165, 1.54) is 24.3 Å². The summed E-state index contributed by atoms with van der Waals surface area (Å²) in [5, 5.41) is 18.1. The maximum absolute atomic E-state index is 14.0. The van der Waals surface area contributed by atoms with Crippen LogP contribution in [-0.2, 0) is 5.41 Å². The molecule has 0 bridgehead atoms. The second kappa shape index (κ2) is 6.40. The van der Waals surface area contributed by atoms with Crippen LogP contribution in [0.4, 0.5) is 20.2 Å². The number of nitriles is 2. The van der Waals surface area contributed by atoms with Gasteiger partial charge in [-0.15, -0.1) is 0 Å². The van der Waals surface area contributed by atoms with E-state index in [4.69, 9.17) is 23.7 Å². The van der Waals surface area contributed by atoms with Crippen molar-refractivity contribution < 1.29 is 8.78 Å². The highest BCUT2D eigenvalue weighted by molar-refractivity contribution is 5.60. The normalized spacial score (nSPS) is 10.2. The summed E-state index contributed by atoms with van der Waals surface area (Å²) in [4.78, 5) is 6.18. The van der Waals surface area contributed by atoms with Crippen molar-refractivity contribution in [2.24, 2.45) is 0 Å². The first-order valence-corrected chi connectivity index (χ1v) is 7.03. The van der Waals surface area contributed by atoms with Crippen LogP contribution < -0.4 is 0 Å². The molecule has 0 spiro atoms. The van der Waals surface area contributed by atoms with Crippen molar-refractivity contribution in [3.05, 3.63) is 81.0 Å². The molecule has 4 nitrogen and oxygen atoms in total. The summed E-state index contributed by atoms with van der Waals surface area (Å²) in [6.45, 7) is 17.6. The zero-order valence-corrected chi connectivity index (χ0v) is 13.4. The quantitative estimate of drug-likeness (QED) is 0.715. The molecule has 0 aliphatic heterocycles. The molecule has 25 heavy (non-hydrogen) atoms. The zero-order valence-electron chi connectivity index (χ0n) is 13.4. The van der Waals surface area contributed by atoms with Gasteiger partial charge in [0.05, 0.1) is 24.3 Å². The molecule has 120 valence electrons. The van der Waals surface area contributed by atoms with E-state index in [0.29, 0.717) is 11.1 Å². The van der Waals surface area contributed by atoms with Crippen LogP contribution in [0.15, 0.2) is 24.3 Å². The Labute approximate surface area is 143 Å². The molecule has 0 aliphatic rings. The molecule has 0 atom stereocenters. The Kier molecular flexibility index (Phi) is 4.51. The van der Waals surface area contributed by atoms with Gasteiger partial charge in [0.15, 0.2) is 0 Å². The maximum Gasteiger partial charge on any atom is 0.223 e. The minimum absolute atomic E-state index is 0.274. The van der Waals surface area contributed by atoms with Gasteiger partial charge in [-0.05, 0) is 35.4 Å². The standard InChI is InChI=1S/C19H10F2N4/c1-19(2,13-5-11(9-22)17(20)15(7-13)24-3)14-6-12(10-23)18(21)16(8-14)25-4/h5-8H,1-2H3. The first kappa shape index (κ1) is 17.6. The summed E-state index contributed by atoms with van der Waals surface area (Å²) in [5.41, 5.74) is -1.14. The van der Waals surface area contributed by atoms with Gasteiger partial charge in [0.1, 0.15) is 23.8 Å². The van der Waals surface area contributed by atoms with Crippen molar-refractivity contribution in [3.63, 3.8) is 0 Å². The third-order valence-corrected chi connectivity index (χ3v) is 4.03. The van der Waals surface area contributed by atoms with Crippen LogP contribution in [0.1, 0.15) is 36.1 Å². The number of hydrogen-bond acceptors (Lipinski definition) is 2. The number of rotatable bonds is 2. The topological polar surface area (TPSA) is 56.3 Å². The van der Waals surface area contributed by atoms with Crippen molar-refractivity contribution in [3.8, 4) is 12.1 Å². The largest absolute Gasteiger partial charge is 0.235 e. The highest BCUT2D eigenvalue weighted by atomic mass is 19.1. The lowest BCUT2D eigenvalue weighted by atomic mass is 9.76. The summed E-state index contributed by atoms with van der Waals surface area (Å²) in [6, 6.07) is 8.68. The van der Waals surface area contributed by atoms with Gasteiger partial charge in [-0.1, -0.05) is 13.8 Å². The Balaban J connectivity index is 2.77. The molecule has 2 aromatic carbocycles. The number of halogens is 2. The van der Waals surface area contributed by atoms with Gasteiger partial charge < -0.3 is 0 Å². The summed E-state index contributed by atoms with van der Waals surface area (Å²) in [7, 11) is 0. The molecule has 0 N–H and O–H groups in total. The second-order valence-corrected chi connectivity index (χ2v) is 5.79. The van der Waals surface area contributed by atoms with E-state index in [2.05, 4.69) is 9.69 Å². The van der Waals surface area contributed by atoms with Crippen LogP contribution in [0.2, 0.25) is 0 Å². The molecule has 0 heterocycles. The minimum Gasteiger partial charge on any atom is -0.235 e. The summed E-state index contributed by atoms with van der Waals surface area (Å²) in [5.74, 6) is -1.79. The molecule has 0 saturated carbocycles. The number of hydrogen-bond donors (Lipinski definition) is 0. The first-order chi connectivity index (χ1) is 11.8. The van der Waals surface area contributed by atoms with Gasteiger partial charge in [0.2, 0.25) is 11.4 Å². The Morgan fingerprint density at radius 1 is 0.840 bits per heavy atom. The first-order valence-electron chi connectivity index (χ1n) is 7.03. The van der Waals surface area contributed by atoms with E-state index >= 15 is 0 Å².